The van der Waals surface area contributed by atoms with Gasteiger partial charge in [0.15, 0.2) is 0 Å². The highest BCUT2D eigenvalue weighted by Gasteiger charge is 2.15. The lowest BCUT2D eigenvalue weighted by molar-refractivity contribution is -0.121. The van der Waals surface area contributed by atoms with Gasteiger partial charge in [-0.1, -0.05) is 42.5 Å². The van der Waals surface area contributed by atoms with E-state index in [0.29, 0.717) is 12.1 Å². The molecule has 5 heteroatoms. The van der Waals surface area contributed by atoms with Crippen LogP contribution in [0.15, 0.2) is 54.6 Å². The van der Waals surface area contributed by atoms with Crippen LogP contribution in [0.25, 0.3) is 0 Å². The van der Waals surface area contributed by atoms with Crippen LogP contribution in [-0.4, -0.2) is 31.4 Å². The molecule has 0 radical (unpaired) electrons. The van der Waals surface area contributed by atoms with E-state index in [2.05, 4.69) is 10.2 Å². The molecule has 0 saturated heterocycles. The number of hydrogen-bond acceptors (Lipinski definition) is 3. The molecule has 0 bridgehead atoms. The fourth-order valence-corrected chi connectivity index (χ4v) is 2.42. The van der Waals surface area contributed by atoms with Gasteiger partial charge in [-0.25, -0.2) is 0 Å². The summed E-state index contributed by atoms with van der Waals surface area (Å²) in [5, 5.41) is 3.11. The van der Waals surface area contributed by atoms with Crippen molar-refractivity contribution in [2.24, 2.45) is 0 Å². The number of benzene rings is 2. The summed E-state index contributed by atoms with van der Waals surface area (Å²) in [5.41, 5.74) is 8.47. The number of nitrogens with one attached hydrogen (secondary N) is 1. The third kappa shape index (κ3) is 6.30. The van der Waals surface area contributed by atoms with Gasteiger partial charge in [-0.15, -0.1) is 12.4 Å². The van der Waals surface area contributed by atoms with Gasteiger partial charge in [-0.05, 0) is 37.4 Å². The van der Waals surface area contributed by atoms with Crippen molar-refractivity contribution in [2.75, 3.05) is 26.4 Å². The van der Waals surface area contributed by atoms with Crippen molar-refractivity contribution in [3.8, 4) is 0 Å². The Morgan fingerprint density at radius 3 is 2.43 bits per heavy atom. The van der Waals surface area contributed by atoms with Gasteiger partial charge < -0.3 is 16.0 Å². The van der Waals surface area contributed by atoms with Gasteiger partial charge in [0.2, 0.25) is 5.91 Å². The van der Waals surface area contributed by atoms with Crippen molar-refractivity contribution in [3.63, 3.8) is 0 Å². The quantitative estimate of drug-likeness (QED) is 0.799. The van der Waals surface area contributed by atoms with E-state index in [1.807, 2.05) is 68.7 Å². The monoisotopic (exact) mass is 333 g/mol. The number of rotatable bonds is 6. The first-order valence-electron chi connectivity index (χ1n) is 7.38. The molecule has 0 aromatic heterocycles. The standard InChI is InChI=1S/C18H23N3O.ClH/c1-21(2)13-17(15-8-4-3-5-9-15)20-18(22)12-14-7-6-10-16(19)11-14;/h3-11,17H,12-13,19H2,1-2H3,(H,20,22);1H. The highest BCUT2D eigenvalue weighted by molar-refractivity contribution is 5.85. The minimum Gasteiger partial charge on any atom is -0.399 e. The molecule has 1 amide bonds. The molecule has 0 heterocycles. The number of carbonyl (C=O) groups is 1. The zero-order chi connectivity index (χ0) is 15.9. The topological polar surface area (TPSA) is 58.4 Å². The Kier molecular flexibility index (Phi) is 7.59. The van der Waals surface area contributed by atoms with E-state index in [-0.39, 0.29) is 24.4 Å². The van der Waals surface area contributed by atoms with Crippen LogP contribution in [0.4, 0.5) is 5.69 Å². The summed E-state index contributed by atoms with van der Waals surface area (Å²) >= 11 is 0. The largest absolute Gasteiger partial charge is 0.399 e. The maximum Gasteiger partial charge on any atom is 0.224 e. The molecule has 0 aliphatic heterocycles. The molecule has 124 valence electrons. The average Bonchev–Trinajstić information content (AvgIpc) is 2.47. The minimum atomic E-state index is -0.0234. The van der Waals surface area contributed by atoms with Gasteiger partial charge in [-0.2, -0.15) is 0 Å². The third-order valence-corrected chi connectivity index (χ3v) is 3.40. The van der Waals surface area contributed by atoms with Crippen LogP contribution in [0.2, 0.25) is 0 Å². The molecule has 2 aromatic rings. The van der Waals surface area contributed by atoms with Crippen molar-refractivity contribution in [2.45, 2.75) is 12.5 Å². The summed E-state index contributed by atoms with van der Waals surface area (Å²) in [7, 11) is 4.00. The molecule has 0 aliphatic carbocycles. The van der Waals surface area contributed by atoms with Crippen LogP contribution < -0.4 is 11.1 Å². The summed E-state index contributed by atoms with van der Waals surface area (Å²) in [4.78, 5) is 14.4. The molecular weight excluding hydrogens is 310 g/mol. The molecule has 0 fully saturated rings. The minimum absolute atomic E-state index is 0. The number of halogens is 1. The second kappa shape index (κ2) is 9.18. The fraction of sp³-hybridized carbons (Fsp3) is 0.278. The number of nitrogen functional groups attached to an aromatic ring is 1. The lowest BCUT2D eigenvalue weighted by Crippen LogP contribution is -2.36. The van der Waals surface area contributed by atoms with Crippen LogP contribution in [0.1, 0.15) is 17.2 Å². The van der Waals surface area contributed by atoms with Crippen LogP contribution in [0, 0.1) is 0 Å². The van der Waals surface area contributed by atoms with Gasteiger partial charge >= 0.3 is 0 Å². The molecule has 0 aliphatic rings. The molecule has 0 saturated carbocycles. The molecule has 2 aromatic carbocycles. The molecule has 0 spiro atoms. The lowest BCUT2D eigenvalue weighted by atomic mass is 10.1. The van der Waals surface area contributed by atoms with E-state index in [9.17, 15) is 4.79 Å². The van der Waals surface area contributed by atoms with E-state index in [4.69, 9.17) is 5.73 Å². The number of nitrogens with two attached hydrogens (primary N) is 1. The predicted octanol–water partition coefficient (Wildman–Crippen LogP) is 2.65. The molecule has 23 heavy (non-hydrogen) atoms. The van der Waals surface area contributed by atoms with Gasteiger partial charge in [-0.3, -0.25) is 4.79 Å². The van der Waals surface area contributed by atoms with Crippen molar-refractivity contribution >= 4 is 24.0 Å². The second-order valence-electron chi connectivity index (χ2n) is 5.71. The Morgan fingerprint density at radius 2 is 1.83 bits per heavy atom. The van der Waals surface area contributed by atoms with Crippen LogP contribution in [0.3, 0.4) is 0 Å². The zero-order valence-corrected chi connectivity index (χ0v) is 14.3. The van der Waals surface area contributed by atoms with Crippen molar-refractivity contribution in [3.05, 3.63) is 65.7 Å². The van der Waals surface area contributed by atoms with Crippen molar-refractivity contribution in [1.29, 1.82) is 0 Å². The highest BCUT2D eigenvalue weighted by atomic mass is 35.5. The SMILES string of the molecule is CN(C)CC(NC(=O)Cc1cccc(N)c1)c1ccccc1.Cl. The predicted molar refractivity (Wildman–Crippen MR) is 97.7 cm³/mol. The highest BCUT2D eigenvalue weighted by Crippen LogP contribution is 2.14. The normalized spacial score (nSPS) is 11.6. The van der Waals surface area contributed by atoms with Crippen molar-refractivity contribution in [1.82, 2.24) is 10.2 Å². The smallest absolute Gasteiger partial charge is 0.224 e. The van der Waals surface area contributed by atoms with E-state index >= 15 is 0 Å². The van der Waals surface area contributed by atoms with E-state index in [1.54, 1.807) is 0 Å². The number of amides is 1. The van der Waals surface area contributed by atoms with E-state index in [0.717, 1.165) is 17.7 Å². The van der Waals surface area contributed by atoms with Gasteiger partial charge in [0.1, 0.15) is 0 Å². The average molecular weight is 334 g/mol. The molecule has 1 unspecified atom stereocenters. The Bertz CT molecular complexity index is 617. The molecule has 1 atom stereocenters. The second-order valence-corrected chi connectivity index (χ2v) is 5.71. The maximum absolute atomic E-state index is 12.3. The molecule has 3 N–H and O–H groups in total. The number of nitrogens with zero attached hydrogens (tertiary/aromatic N) is 1. The first-order valence-corrected chi connectivity index (χ1v) is 7.38. The first kappa shape index (κ1) is 19.0. The Hall–Kier alpha value is -2.04. The van der Waals surface area contributed by atoms with Gasteiger partial charge in [0.25, 0.3) is 0 Å². The lowest BCUT2D eigenvalue weighted by Gasteiger charge is -2.23. The number of carbonyl (C=O) groups excluding carboxylic acids is 1. The first-order chi connectivity index (χ1) is 10.5. The molecule has 4 nitrogen and oxygen atoms in total. The third-order valence-electron chi connectivity index (χ3n) is 3.40. The fourth-order valence-electron chi connectivity index (χ4n) is 2.42. The summed E-state index contributed by atoms with van der Waals surface area (Å²) in [6, 6.07) is 17.4. The maximum atomic E-state index is 12.3. The van der Waals surface area contributed by atoms with E-state index < -0.39 is 0 Å². The summed E-state index contributed by atoms with van der Waals surface area (Å²) in [6.07, 6.45) is 0.335. The molecular formula is C18H24ClN3O. The number of likely N-dealkylation sites (N-methyl/N-ethyl adjacent to an activating group) is 1. The Labute approximate surface area is 144 Å². The Balaban J connectivity index is 0.00000264. The number of hydrogen-bond donors (Lipinski definition) is 2. The van der Waals surface area contributed by atoms with Crippen LogP contribution in [0.5, 0.6) is 0 Å². The van der Waals surface area contributed by atoms with E-state index in [1.165, 1.54) is 0 Å². The van der Waals surface area contributed by atoms with Gasteiger partial charge in [0.05, 0.1) is 12.5 Å². The summed E-state index contributed by atoms with van der Waals surface area (Å²) < 4.78 is 0. The van der Waals surface area contributed by atoms with Gasteiger partial charge in [0, 0.05) is 12.2 Å². The number of anilines is 1. The van der Waals surface area contributed by atoms with Crippen molar-refractivity contribution < 1.29 is 4.79 Å². The van der Waals surface area contributed by atoms with Crippen LogP contribution in [-0.2, 0) is 11.2 Å². The van der Waals surface area contributed by atoms with Crippen LogP contribution >= 0.6 is 12.4 Å². The Morgan fingerprint density at radius 1 is 1.13 bits per heavy atom. The summed E-state index contributed by atoms with van der Waals surface area (Å²) in [5.74, 6) is 0.00121. The summed E-state index contributed by atoms with van der Waals surface area (Å²) in [6.45, 7) is 0.757. The molecule has 2 rings (SSSR count). The zero-order valence-electron chi connectivity index (χ0n) is 13.5.